The molecule has 18 heavy (non-hydrogen) atoms. The molecule has 0 aromatic rings. The lowest BCUT2D eigenvalue weighted by atomic mass is 9.63. The lowest BCUT2D eigenvalue weighted by Crippen LogP contribution is -2.44. The Hall–Kier alpha value is -1.00. The zero-order valence-electron chi connectivity index (χ0n) is 10.2. The van der Waals surface area contributed by atoms with E-state index in [2.05, 4.69) is 0 Å². The van der Waals surface area contributed by atoms with E-state index in [4.69, 9.17) is 4.74 Å². The van der Waals surface area contributed by atoms with Crippen molar-refractivity contribution in [3.05, 3.63) is 0 Å². The second-order valence-electron chi connectivity index (χ2n) is 6.04. The topological polar surface area (TPSA) is 43.4 Å². The molecule has 3 saturated carbocycles. The second kappa shape index (κ2) is 3.52. The molecule has 0 radical (unpaired) electrons. The second-order valence-corrected chi connectivity index (χ2v) is 6.04. The van der Waals surface area contributed by atoms with Crippen molar-refractivity contribution in [1.29, 1.82) is 0 Å². The molecule has 0 spiro atoms. The highest BCUT2D eigenvalue weighted by Gasteiger charge is 2.62. The normalized spacial score (nSPS) is 42.2. The largest absolute Gasteiger partial charge is 0.455 e. The number of ether oxygens (including phenoxy) is 1. The summed E-state index contributed by atoms with van der Waals surface area (Å²) in [5.74, 6) is -4.34. The Kier molecular flexibility index (Phi) is 2.35. The third kappa shape index (κ3) is 1.59. The van der Waals surface area contributed by atoms with Crippen molar-refractivity contribution in [2.75, 3.05) is 0 Å². The smallest absolute Gasteiger partial charge is 0.377 e. The van der Waals surface area contributed by atoms with Gasteiger partial charge in [-0.05, 0) is 38.0 Å². The maximum absolute atomic E-state index is 12.9. The Morgan fingerprint density at radius 2 is 2.11 bits per heavy atom. The molecule has 3 aliphatic carbocycles. The van der Waals surface area contributed by atoms with Gasteiger partial charge in [-0.3, -0.25) is 4.79 Å². The fourth-order valence-electron chi connectivity index (χ4n) is 3.93. The molecule has 5 heteroatoms. The van der Waals surface area contributed by atoms with Crippen molar-refractivity contribution >= 4 is 11.8 Å². The molecule has 0 heterocycles. The van der Waals surface area contributed by atoms with Crippen LogP contribution in [0.4, 0.5) is 8.78 Å². The van der Waals surface area contributed by atoms with Crippen LogP contribution in [0.2, 0.25) is 0 Å². The van der Waals surface area contributed by atoms with E-state index in [1.54, 1.807) is 0 Å². The zero-order chi connectivity index (χ0) is 13.1. The van der Waals surface area contributed by atoms with E-state index in [-0.39, 0.29) is 23.5 Å². The summed E-state index contributed by atoms with van der Waals surface area (Å²) in [5.41, 5.74) is -0.799. The summed E-state index contributed by atoms with van der Waals surface area (Å²) in [5, 5.41) is 0. The van der Waals surface area contributed by atoms with Crippen LogP contribution in [0.5, 0.6) is 0 Å². The lowest BCUT2D eigenvalue weighted by molar-refractivity contribution is -0.186. The van der Waals surface area contributed by atoms with E-state index < -0.39 is 17.5 Å². The Morgan fingerprint density at radius 1 is 1.39 bits per heavy atom. The zero-order valence-corrected chi connectivity index (χ0v) is 10.2. The van der Waals surface area contributed by atoms with Gasteiger partial charge < -0.3 is 4.74 Å². The van der Waals surface area contributed by atoms with Gasteiger partial charge in [-0.1, -0.05) is 0 Å². The number of ketones is 1. The van der Waals surface area contributed by atoms with E-state index in [0.29, 0.717) is 26.2 Å². The van der Waals surface area contributed by atoms with Gasteiger partial charge in [-0.2, -0.15) is 8.78 Å². The molecule has 4 unspecified atom stereocenters. The first kappa shape index (κ1) is 12.1. The van der Waals surface area contributed by atoms with Crippen molar-refractivity contribution in [2.45, 2.75) is 50.6 Å². The minimum Gasteiger partial charge on any atom is -0.455 e. The number of esters is 1. The number of Topliss-reactive ketones (excluding diaryl/α,β-unsaturated/α-hetero) is 1. The van der Waals surface area contributed by atoms with E-state index in [9.17, 15) is 18.4 Å². The summed E-state index contributed by atoms with van der Waals surface area (Å²) < 4.78 is 31.0. The number of hydrogen-bond donors (Lipinski definition) is 0. The minimum absolute atomic E-state index is 0.0476. The van der Waals surface area contributed by atoms with Crippen molar-refractivity contribution in [1.82, 2.24) is 0 Å². The van der Waals surface area contributed by atoms with Gasteiger partial charge in [-0.25, -0.2) is 4.79 Å². The quantitative estimate of drug-likeness (QED) is 0.714. The van der Waals surface area contributed by atoms with Gasteiger partial charge in [0.15, 0.2) is 0 Å². The molecule has 3 aliphatic rings. The van der Waals surface area contributed by atoms with Crippen LogP contribution >= 0.6 is 0 Å². The Bertz CT molecular complexity index is 415. The molecule has 4 atom stereocenters. The van der Waals surface area contributed by atoms with Gasteiger partial charge in [0.05, 0.1) is 0 Å². The van der Waals surface area contributed by atoms with Gasteiger partial charge >= 0.3 is 11.9 Å². The van der Waals surface area contributed by atoms with E-state index >= 15 is 0 Å². The van der Waals surface area contributed by atoms with Crippen LogP contribution in [-0.4, -0.2) is 23.3 Å². The van der Waals surface area contributed by atoms with Gasteiger partial charge in [0, 0.05) is 18.8 Å². The molecule has 0 aromatic carbocycles. The number of halogens is 2. The summed E-state index contributed by atoms with van der Waals surface area (Å²) >= 11 is 0. The van der Waals surface area contributed by atoms with Crippen LogP contribution in [0.3, 0.4) is 0 Å². The molecule has 2 bridgehead atoms. The third-order valence-electron chi connectivity index (χ3n) is 4.78. The van der Waals surface area contributed by atoms with Gasteiger partial charge in [0.1, 0.15) is 11.4 Å². The predicted molar refractivity (Wildman–Crippen MR) is 58.0 cm³/mol. The van der Waals surface area contributed by atoms with Crippen LogP contribution in [0, 0.1) is 17.8 Å². The highest BCUT2D eigenvalue weighted by atomic mass is 19.3. The summed E-state index contributed by atoms with van der Waals surface area (Å²) in [6.45, 7) is 0.556. The molecule has 100 valence electrons. The van der Waals surface area contributed by atoms with E-state index in [1.807, 2.05) is 0 Å². The predicted octanol–water partition coefficient (Wildman–Crippen LogP) is 2.33. The molecule has 3 rings (SSSR count). The summed E-state index contributed by atoms with van der Waals surface area (Å²) in [6, 6.07) is 0. The Balaban J connectivity index is 1.79. The van der Waals surface area contributed by atoms with Crippen molar-refractivity contribution in [3.8, 4) is 0 Å². The average molecular weight is 258 g/mol. The first-order chi connectivity index (χ1) is 8.32. The third-order valence-corrected chi connectivity index (χ3v) is 4.78. The molecular formula is C13H16F2O3. The molecule has 0 aromatic heterocycles. The number of alkyl halides is 2. The molecule has 3 nitrogen and oxygen atoms in total. The van der Waals surface area contributed by atoms with Crippen LogP contribution in [-0.2, 0) is 14.3 Å². The van der Waals surface area contributed by atoms with Crippen LogP contribution in [0.15, 0.2) is 0 Å². The summed E-state index contributed by atoms with van der Waals surface area (Å²) in [7, 11) is 0. The van der Waals surface area contributed by atoms with Gasteiger partial charge in [0.25, 0.3) is 0 Å². The fourth-order valence-corrected chi connectivity index (χ4v) is 3.93. The van der Waals surface area contributed by atoms with E-state index in [1.165, 1.54) is 0 Å². The average Bonchev–Trinajstić information content (AvgIpc) is 2.47. The van der Waals surface area contributed by atoms with Crippen LogP contribution in [0.1, 0.15) is 39.0 Å². The standard InChI is InChI=1S/C13H16F2O3/c1-12(14,15)11(17)18-13-4-2-3-7-8(5-13)9(6-13)10(7)16/h7-9H,2-6H2,1H3. The molecule has 0 amide bonds. The molecule has 0 saturated heterocycles. The maximum Gasteiger partial charge on any atom is 0.377 e. The summed E-state index contributed by atoms with van der Waals surface area (Å²) in [4.78, 5) is 23.2. The summed E-state index contributed by atoms with van der Waals surface area (Å²) in [6.07, 6.45) is 3.26. The number of carbonyl (C=O) groups excluding carboxylic acids is 2. The Labute approximate surface area is 104 Å². The number of carbonyl (C=O) groups is 2. The van der Waals surface area contributed by atoms with Crippen molar-refractivity contribution in [2.24, 2.45) is 17.8 Å². The molecule has 0 N–H and O–H groups in total. The number of hydrogen-bond acceptors (Lipinski definition) is 3. The highest BCUT2D eigenvalue weighted by Crippen LogP contribution is 2.59. The number of fused-ring (bicyclic) bond motifs is 1. The van der Waals surface area contributed by atoms with Crippen molar-refractivity contribution < 1.29 is 23.1 Å². The monoisotopic (exact) mass is 258 g/mol. The fraction of sp³-hybridized carbons (Fsp3) is 0.846. The molecule has 0 aliphatic heterocycles. The van der Waals surface area contributed by atoms with E-state index in [0.717, 1.165) is 12.8 Å². The Morgan fingerprint density at radius 3 is 2.78 bits per heavy atom. The first-order valence-electron chi connectivity index (χ1n) is 6.47. The van der Waals surface area contributed by atoms with Crippen LogP contribution < -0.4 is 0 Å². The molecule has 3 fully saturated rings. The van der Waals surface area contributed by atoms with Gasteiger partial charge in [-0.15, -0.1) is 0 Å². The lowest BCUT2D eigenvalue weighted by Gasteiger charge is -2.38. The van der Waals surface area contributed by atoms with Gasteiger partial charge in [0.2, 0.25) is 0 Å². The maximum atomic E-state index is 12.9. The van der Waals surface area contributed by atoms with Crippen molar-refractivity contribution in [3.63, 3.8) is 0 Å². The highest BCUT2D eigenvalue weighted by molar-refractivity contribution is 5.91. The number of rotatable bonds is 2. The first-order valence-corrected chi connectivity index (χ1v) is 6.47. The minimum atomic E-state index is -3.45. The molecular weight excluding hydrogens is 242 g/mol. The van der Waals surface area contributed by atoms with Crippen LogP contribution in [0.25, 0.3) is 0 Å². The SMILES string of the molecule is CC(F)(F)C(=O)OC12CCCC3C(=O)C(C1)C3C2.